The van der Waals surface area contributed by atoms with Crippen LogP contribution in [-0.2, 0) is 0 Å². The first-order chi connectivity index (χ1) is 8.20. The van der Waals surface area contributed by atoms with Crippen LogP contribution in [0.1, 0.15) is 5.69 Å². The lowest BCUT2D eigenvalue weighted by Gasteiger charge is -2.06. The van der Waals surface area contributed by atoms with Crippen LogP contribution in [0.4, 0.5) is 16.0 Å². The number of halogens is 2. The molecule has 0 radical (unpaired) electrons. The fraction of sp³-hybridized carbons (Fsp3) is 0. The van der Waals surface area contributed by atoms with Crippen molar-refractivity contribution in [1.82, 2.24) is 9.97 Å². The molecule has 2 rings (SSSR count). The number of aromatic nitrogens is 2. The minimum absolute atomic E-state index is 0.00596. The Balaban J connectivity index is 2.32. The average molecular weight is 249 g/mol. The summed E-state index contributed by atoms with van der Waals surface area (Å²) in [7, 11) is 0. The lowest BCUT2D eigenvalue weighted by atomic mass is 10.3. The molecule has 0 amide bonds. The highest BCUT2D eigenvalue weighted by Gasteiger charge is 2.07. The van der Waals surface area contributed by atoms with Gasteiger partial charge in [-0.3, -0.25) is 0 Å². The van der Waals surface area contributed by atoms with Crippen molar-refractivity contribution >= 4 is 23.2 Å². The average Bonchev–Trinajstić information content (AvgIpc) is 2.35. The maximum absolute atomic E-state index is 13.6. The van der Waals surface area contributed by atoms with Gasteiger partial charge in [0, 0.05) is 6.20 Å². The molecule has 1 aromatic heterocycles. The molecule has 17 heavy (non-hydrogen) atoms. The van der Waals surface area contributed by atoms with Gasteiger partial charge in [0.05, 0.1) is 10.7 Å². The standard InChI is InChI=1S/C11H6ClFN4/c12-8-2-1-3-9(10(8)13)17-11-15-5-4-7(6-14)16-11/h1-5H,(H,15,16,17). The van der Waals surface area contributed by atoms with E-state index in [0.29, 0.717) is 0 Å². The molecule has 1 aromatic carbocycles. The molecule has 0 aliphatic rings. The van der Waals surface area contributed by atoms with E-state index in [0.717, 1.165) is 0 Å². The van der Waals surface area contributed by atoms with Gasteiger partial charge in [-0.25, -0.2) is 14.4 Å². The minimum atomic E-state index is -0.583. The minimum Gasteiger partial charge on any atom is -0.322 e. The van der Waals surface area contributed by atoms with E-state index in [9.17, 15) is 4.39 Å². The van der Waals surface area contributed by atoms with Gasteiger partial charge in [-0.2, -0.15) is 5.26 Å². The summed E-state index contributed by atoms with van der Waals surface area (Å²) in [6.07, 6.45) is 1.41. The second-order valence-corrected chi connectivity index (χ2v) is 3.51. The van der Waals surface area contributed by atoms with Crippen molar-refractivity contribution in [2.75, 3.05) is 5.32 Å². The Labute approximate surface area is 102 Å². The van der Waals surface area contributed by atoms with Crippen molar-refractivity contribution in [2.45, 2.75) is 0 Å². The first-order valence-corrected chi connectivity index (χ1v) is 5.02. The molecular formula is C11H6ClFN4. The number of hydrogen-bond acceptors (Lipinski definition) is 4. The third-order valence-corrected chi connectivity index (χ3v) is 2.26. The molecule has 1 N–H and O–H groups in total. The lowest BCUT2D eigenvalue weighted by Crippen LogP contribution is -2.00. The molecular weight excluding hydrogens is 243 g/mol. The summed E-state index contributed by atoms with van der Waals surface area (Å²) >= 11 is 5.63. The summed E-state index contributed by atoms with van der Waals surface area (Å²) in [4.78, 5) is 7.73. The molecule has 0 unspecified atom stereocenters. The molecule has 0 aliphatic heterocycles. The number of anilines is 2. The monoisotopic (exact) mass is 248 g/mol. The largest absolute Gasteiger partial charge is 0.322 e. The van der Waals surface area contributed by atoms with Crippen LogP contribution in [0.5, 0.6) is 0 Å². The van der Waals surface area contributed by atoms with Crippen molar-refractivity contribution in [3.05, 3.63) is 47.0 Å². The number of rotatable bonds is 2. The molecule has 84 valence electrons. The summed E-state index contributed by atoms with van der Waals surface area (Å²) in [6.45, 7) is 0. The Hall–Kier alpha value is -2.19. The van der Waals surface area contributed by atoms with E-state index < -0.39 is 5.82 Å². The summed E-state index contributed by atoms with van der Waals surface area (Å²) < 4.78 is 13.6. The topological polar surface area (TPSA) is 61.6 Å². The molecule has 0 aliphatic carbocycles. The highest BCUT2D eigenvalue weighted by atomic mass is 35.5. The highest BCUT2D eigenvalue weighted by molar-refractivity contribution is 6.31. The first kappa shape index (κ1) is 11.3. The van der Waals surface area contributed by atoms with Gasteiger partial charge in [0.25, 0.3) is 0 Å². The van der Waals surface area contributed by atoms with Crippen LogP contribution in [0.15, 0.2) is 30.5 Å². The van der Waals surface area contributed by atoms with E-state index in [4.69, 9.17) is 16.9 Å². The maximum Gasteiger partial charge on any atom is 0.228 e. The van der Waals surface area contributed by atoms with Gasteiger partial charge in [0.2, 0.25) is 5.95 Å². The fourth-order valence-electron chi connectivity index (χ4n) is 1.20. The molecule has 0 spiro atoms. The zero-order chi connectivity index (χ0) is 12.3. The van der Waals surface area contributed by atoms with Gasteiger partial charge < -0.3 is 5.32 Å². The summed E-state index contributed by atoms with van der Waals surface area (Å²) in [5, 5.41) is 11.3. The van der Waals surface area contributed by atoms with Crippen molar-refractivity contribution in [3.63, 3.8) is 0 Å². The Bertz CT molecular complexity index is 594. The Morgan fingerprint density at radius 2 is 2.18 bits per heavy atom. The number of benzene rings is 1. The van der Waals surface area contributed by atoms with Crippen LogP contribution in [0, 0.1) is 17.1 Å². The summed E-state index contributed by atoms with van der Waals surface area (Å²) in [5.74, 6) is -0.439. The molecule has 6 heteroatoms. The van der Waals surface area contributed by atoms with E-state index in [-0.39, 0.29) is 22.4 Å². The number of nitrogens with zero attached hydrogens (tertiary/aromatic N) is 3. The number of nitriles is 1. The van der Waals surface area contributed by atoms with Crippen molar-refractivity contribution in [2.24, 2.45) is 0 Å². The molecule has 1 heterocycles. The van der Waals surface area contributed by atoms with Crippen molar-refractivity contribution in [3.8, 4) is 6.07 Å². The van der Waals surface area contributed by atoms with Crippen LogP contribution in [0.3, 0.4) is 0 Å². The van der Waals surface area contributed by atoms with Crippen LogP contribution < -0.4 is 5.32 Å². The quantitative estimate of drug-likeness (QED) is 0.888. The highest BCUT2D eigenvalue weighted by Crippen LogP contribution is 2.23. The van der Waals surface area contributed by atoms with Gasteiger partial charge in [-0.05, 0) is 18.2 Å². The van der Waals surface area contributed by atoms with Crippen LogP contribution in [-0.4, -0.2) is 9.97 Å². The number of nitrogens with one attached hydrogen (secondary N) is 1. The van der Waals surface area contributed by atoms with Gasteiger partial charge in [0.1, 0.15) is 11.8 Å². The normalized spacial score (nSPS) is 9.71. The molecule has 4 nitrogen and oxygen atoms in total. The molecule has 2 aromatic rings. The van der Waals surface area contributed by atoms with Crippen molar-refractivity contribution < 1.29 is 4.39 Å². The predicted molar refractivity (Wildman–Crippen MR) is 61.4 cm³/mol. The van der Waals surface area contributed by atoms with Crippen molar-refractivity contribution in [1.29, 1.82) is 5.26 Å². The fourth-order valence-corrected chi connectivity index (χ4v) is 1.38. The third kappa shape index (κ3) is 2.49. The zero-order valence-corrected chi connectivity index (χ0v) is 9.24. The Morgan fingerprint density at radius 1 is 1.35 bits per heavy atom. The van der Waals surface area contributed by atoms with E-state index in [2.05, 4.69) is 15.3 Å². The Morgan fingerprint density at radius 3 is 2.94 bits per heavy atom. The van der Waals surface area contributed by atoms with Gasteiger partial charge >= 0.3 is 0 Å². The third-order valence-electron chi connectivity index (χ3n) is 1.97. The molecule has 0 saturated carbocycles. The molecule has 0 fully saturated rings. The molecule has 0 saturated heterocycles. The van der Waals surface area contributed by atoms with E-state index in [1.807, 2.05) is 6.07 Å². The smallest absolute Gasteiger partial charge is 0.228 e. The predicted octanol–water partition coefficient (Wildman–Crippen LogP) is 2.88. The second kappa shape index (κ2) is 4.76. The second-order valence-electron chi connectivity index (χ2n) is 3.10. The van der Waals surface area contributed by atoms with Gasteiger partial charge in [-0.1, -0.05) is 17.7 Å². The number of hydrogen-bond donors (Lipinski definition) is 1. The molecule has 0 atom stereocenters. The van der Waals surface area contributed by atoms with Crippen LogP contribution in [0.25, 0.3) is 0 Å². The van der Waals surface area contributed by atoms with Gasteiger partial charge in [0.15, 0.2) is 5.82 Å². The van der Waals surface area contributed by atoms with Gasteiger partial charge in [-0.15, -0.1) is 0 Å². The van der Waals surface area contributed by atoms with Crippen LogP contribution in [0.2, 0.25) is 5.02 Å². The zero-order valence-electron chi connectivity index (χ0n) is 8.48. The summed E-state index contributed by atoms with van der Waals surface area (Å²) in [5.41, 5.74) is 0.359. The van der Waals surface area contributed by atoms with E-state index >= 15 is 0 Å². The SMILES string of the molecule is N#Cc1ccnc(Nc2cccc(Cl)c2F)n1. The lowest BCUT2D eigenvalue weighted by molar-refractivity contribution is 0.632. The van der Waals surface area contributed by atoms with E-state index in [1.54, 1.807) is 6.07 Å². The van der Waals surface area contributed by atoms with Crippen LogP contribution >= 0.6 is 11.6 Å². The first-order valence-electron chi connectivity index (χ1n) is 4.65. The summed E-state index contributed by atoms with van der Waals surface area (Å²) in [6, 6.07) is 7.87. The Kier molecular flexibility index (Phi) is 3.17. The molecule has 0 bridgehead atoms. The maximum atomic E-state index is 13.6. The van der Waals surface area contributed by atoms with E-state index in [1.165, 1.54) is 24.4 Å².